The first-order valence-corrected chi connectivity index (χ1v) is 7.84. The molecule has 0 atom stereocenters. The third-order valence-corrected chi connectivity index (χ3v) is 4.38. The number of thiazole rings is 1. The molecular weight excluding hydrogens is 316 g/mol. The van der Waals surface area contributed by atoms with Crippen LogP contribution in [-0.4, -0.2) is 31.3 Å². The Morgan fingerprint density at radius 3 is 2.87 bits per heavy atom. The summed E-state index contributed by atoms with van der Waals surface area (Å²) in [5.41, 5.74) is 0.906. The Morgan fingerprint density at radius 1 is 1.30 bits per heavy atom. The average Bonchev–Trinajstić information content (AvgIpc) is 3.20. The van der Waals surface area contributed by atoms with Gasteiger partial charge in [0, 0.05) is 13.7 Å². The maximum atomic E-state index is 12.2. The van der Waals surface area contributed by atoms with Crippen molar-refractivity contribution in [2.24, 2.45) is 4.99 Å². The first-order chi connectivity index (χ1) is 11.2. The van der Waals surface area contributed by atoms with Crippen LogP contribution in [0.1, 0.15) is 10.6 Å². The Bertz CT molecular complexity index is 877. The summed E-state index contributed by atoms with van der Waals surface area (Å²) >= 11 is 1.43. The molecule has 0 N–H and O–H groups in total. The lowest BCUT2D eigenvalue weighted by molar-refractivity contribution is 0.0971. The lowest BCUT2D eigenvalue weighted by Gasteiger charge is -2.07. The van der Waals surface area contributed by atoms with Gasteiger partial charge in [-0.15, -0.1) is 0 Å². The Hall–Kier alpha value is -2.38. The van der Waals surface area contributed by atoms with Crippen LogP contribution in [0, 0.1) is 0 Å². The van der Waals surface area contributed by atoms with Crippen LogP contribution in [-0.2, 0) is 11.3 Å². The molecule has 0 saturated carbocycles. The predicted octanol–water partition coefficient (Wildman–Crippen LogP) is 2.69. The number of hydrogen-bond acceptors (Lipinski definition) is 5. The zero-order valence-corrected chi connectivity index (χ0v) is 13.6. The molecule has 0 aliphatic carbocycles. The smallest absolute Gasteiger partial charge is 0.315 e. The van der Waals surface area contributed by atoms with Crippen LogP contribution in [0.15, 0.2) is 46.0 Å². The number of furan rings is 1. The average molecular weight is 332 g/mol. The van der Waals surface area contributed by atoms with Crippen LogP contribution >= 0.6 is 11.3 Å². The van der Waals surface area contributed by atoms with Gasteiger partial charge in [0.1, 0.15) is 11.3 Å². The summed E-state index contributed by atoms with van der Waals surface area (Å²) in [5.74, 6) is 0.543. The topological polar surface area (TPSA) is 66.0 Å². The van der Waals surface area contributed by atoms with E-state index in [1.807, 2.05) is 22.8 Å². The lowest BCUT2D eigenvalue weighted by atomic mass is 10.3. The zero-order chi connectivity index (χ0) is 16.2. The molecule has 7 heteroatoms. The third kappa shape index (κ3) is 3.06. The monoisotopic (exact) mass is 332 g/mol. The number of ether oxygens (including phenoxy) is 2. The van der Waals surface area contributed by atoms with E-state index < -0.39 is 5.91 Å². The number of nitrogens with zero attached hydrogens (tertiary/aromatic N) is 2. The second-order valence-electron chi connectivity index (χ2n) is 4.73. The van der Waals surface area contributed by atoms with Crippen molar-refractivity contribution in [1.82, 2.24) is 4.57 Å². The highest BCUT2D eigenvalue weighted by atomic mass is 32.1. The minimum atomic E-state index is -0.410. The van der Waals surface area contributed by atoms with Gasteiger partial charge in [-0.3, -0.25) is 4.79 Å². The quantitative estimate of drug-likeness (QED) is 0.720. The summed E-state index contributed by atoms with van der Waals surface area (Å²) in [4.78, 5) is 17.0. The Labute approximate surface area is 136 Å². The summed E-state index contributed by atoms with van der Waals surface area (Å²) in [5, 5.41) is 0. The van der Waals surface area contributed by atoms with E-state index >= 15 is 0 Å². The van der Waals surface area contributed by atoms with E-state index in [1.54, 1.807) is 26.4 Å². The van der Waals surface area contributed by atoms with Crippen LogP contribution in [0.2, 0.25) is 0 Å². The number of hydrogen-bond donors (Lipinski definition) is 0. The van der Waals surface area contributed by atoms with E-state index in [-0.39, 0.29) is 5.76 Å². The molecule has 0 spiro atoms. The number of fused-ring (bicyclic) bond motifs is 1. The van der Waals surface area contributed by atoms with Crippen molar-refractivity contribution in [3.05, 3.63) is 47.2 Å². The van der Waals surface area contributed by atoms with Gasteiger partial charge in [-0.25, -0.2) is 0 Å². The second kappa shape index (κ2) is 6.80. The Morgan fingerprint density at radius 2 is 2.17 bits per heavy atom. The molecule has 120 valence electrons. The van der Waals surface area contributed by atoms with Crippen LogP contribution < -0.4 is 9.54 Å². The van der Waals surface area contributed by atoms with E-state index in [9.17, 15) is 4.79 Å². The Balaban J connectivity index is 2.17. The number of methoxy groups -OCH3 is 2. The maximum absolute atomic E-state index is 12.2. The molecule has 3 rings (SSSR count). The van der Waals surface area contributed by atoms with E-state index in [0.29, 0.717) is 18.0 Å². The fourth-order valence-electron chi connectivity index (χ4n) is 2.28. The number of benzene rings is 1. The molecule has 3 aromatic rings. The highest BCUT2D eigenvalue weighted by Gasteiger charge is 2.13. The summed E-state index contributed by atoms with van der Waals surface area (Å²) in [6.07, 6.45) is 1.45. The molecule has 0 unspecified atom stereocenters. The SMILES string of the molecule is COCCn1c(=NC(=O)c2ccco2)sc2cccc(OC)c21. The summed E-state index contributed by atoms with van der Waals surface area (Å²) in [7, 11) is 3.26. The maximum Gasteiger partial charge on any atom is 0.315 e. The molecule has 2 heterocycles. The van der Waals surface area contributed by atoms with Crippen LogP contribution in [0.25, 0.3) is 10.2 Å². The number of carbonyl (C=O) groups is 1. The van der Waals surface area contributed by atoms with Crippen molar-refractivity contribution in [2.45, 2.75) is 6.54 Å². The van der Waals surface area contributed by atoms with Gasteiger partial charge in [-0.1, -0.05) is 17.4 Å². The number of carbonyl (C=O) groups excluding carboxylic acids is 1. The largest absolute Gasteiger partial charge is 0.495 e. The third-order valence-electron chi connectivity index (χ3n) is 3.33. The van der Waals surface area contributed by atoms with E-state index in [0.717, 1.165) is 16.0 Å². The van der Waals surface area contributed by atoms with Gasteiger partial charge in [0.05, 0.1) is 24.7 Å². The summed E-state index contributed by atoms with van der Waals surface area (Å²) in [6, 6.07) is 9.03. The summed E-state index contributed by atoms with van der Waals surface area (Å²) in [6.45, 7) is 1.08. The van der Waals surface area contributed by atoms with Gasteiger partial charge >= 0.3 is 5.91 Å². The van der Waals surface area contributed by atoms with Crippen molar-refractivity contribution in [3.8, 4) is 5.75 Å². The van der Waals surface area contributed by atoms with Crippen LogP contribution in [0.5, 0.6) is 5.75 Å². The van der Waals surface area contributed by atoms with Gasteiger partial charge in [0.25, 0.3) is 0 Å². The molecule has 1 aromatic carbocycles. The number of para-hydroxylation sites is 1. The van der Waals surface area contributed by atoms with Crippen molar-refractivity contribution < 1.29 is 18.7 Å². The lowest BCUT2D eigenvalue weighted by Crippen LogP contribution is -2.19. The first kappa shape index (κ1) is 15.5. The van der Waals surface area contributed by atoms with E-state index in [1.165, 1.54) is 17.6 Å². The first-order valence-electron chi connectivity index (χ1n) is 7.02. The number of rotatable bonds is 5. The Kier molecular flexibility index (Phi) is 4.59. The predicted molar refractivity (Wildman–Crippen MR) is 86.8 cm³/mol. The molecule has 23 heavy (non-hydrogen) atoms. The molecule has 0 aliphatic rings. The van der Waals surface area contributed by atoms with Gasteiger partial charge in [0.2, 0.25) is 0 Å². The summed E-state index contributed by atoms with van der Waals surface area (Å²) < 4.78 is 18.6. The van der Waals surface area contributed by atoms with Crippen LogP contribution in [0.4, 0.5) is 0 Å². The molecule has 2 aromatic heterocycles. The van der Waals surface area contributed by atoms with Gasteiger partial charge < -0.3 is 18.5 Å². The van der Waals surface area contributed by atoms with Gasteiger partial charge in [-0.2, -0.15) is 4.99 Å². The molecule has 0 saturated heterocycles. The number of aromatic nitrogens is 1. The van der Waals surface area contributed by atoms with Gasteiger partial charge in [0.15, 0.2) is 10.6 Å². The molecule has 6 nitrogen and oxygen atoms in total. The zero-order valence-electron chi connectivity index (χ0n) is 12.8. The molecular formula is C16H16N2O4S. The normalized spacial score (nSPS) is 12.0. The molecule has 0 aliphatic heterocycles. The highest BCUT2D eigenvalue weighted by Crippen LogP contribution is 2.27. The minimum absolute atomic E-state index is 0.215. The van der Waals surface area contributed by atoms with Crippen molar-refractivity contribution in [3.63, 3.8) is 0 Å². The van der Waals surface area contributed by atoms with Crippen molar-refractivity contribution in [1.29, 1.82) is 0 Å². The minimum Gasteiger partial charge on any atom is -0.495 e. The second-order valence-corrected chi connectivity index (χ2v) is 5.74. The fourth-order valence-corrected chi connectivity index (χ4v) is 3.35. The van der Waals surface area contributed by atoms with Crippen LogP contribution in [0.3, 0.4) is 0 Å². The molecule has 0 radical (unpaired) electrons. The van der Waals surface area contributed by atoms with Crippen molar-refractivity contribution >= 4 is 27.5 Å². The van der Waals surface area contributed by atoms with Crippen molar-refractivity contribution in [2.75, 3.05) is 20.8 Å². The molecule has 1 amide bonds. The molecule has 0 fully saturated rings. The van der Waals surface area contributed by atoms with E-state index in [2.05, 4.69) is 4.99 Å². The molecule has 0 bridgehead atoms. The van der Waals surface area contributed by atoms with E-state index in [4.69, 9.17) is 13.9 Å². The highest BCUT2D eigenvalue weighted by molar-refractivity contribution is 7.16. The van der Waals surface area contributed by atoms with Gasteiger partial charge in [-0.05, 0) is 24.3 Å². The number of amides is 1. The standard InChI is InChI=1S/C16H16N2O4S/c1-20-10-8-18-14-11(21-2)5-3-7-13(14)23-16(18)17-15(19)12-6-4-9-22-12/h3-7,9H,8,10H2,1-2H3. The fraction of sp³-hybridized carbons (Fsp3) is 0.250.